The number of benzene rings is 2. The van der Waals surface area contributed by atoms with Crippen molar-refractivity contribution < 1.29 is 4.74 Å². The van der Waals surface area contributed by atoms with Crippen molar-refractivity contribution in [3.63, 3.8) is 0 Å². The van der Waals surface area contributed by atoms with Gasteiger partial charge in [0, 0.05) is 49.5 Å². The van der Waals surface area contributed by atoms with E-state index in [4.69, 9.17) is 9.72 Å². The monoisotopic (exact) mass is 439 g/mol. The minimum absolute atomic E-state index is 0.569. The van der Waals surface area contributed by atoms with Gasteiger partial charge in [0.1, 0.15) is 11.4 Å². The summed E-state index contributed by atoms with van der Waals surface area (Å²) in [5.41, 5.74) is 5.95. The number of hydrogen-bond donors (Lipinski definition) is 2. The van der Waals surface area contributed by atoms with Crippen molar-refractivity contribution in [1.82, 2.24) is 30.0 Å². The molecule has 0 unspecified atom stereocenters. The summed E-state index contributed by atoms with van der Waals surface area (Å²) in [5.74, 6) is 2.01. The lowest BCUT2D eigenvalue weighted by Crippen LogP contribution is -2.44. The predicted octanol–water partition coefficient (Wildman–Crippen LogP) is 4.35. The van der Waals surface area contributed by atoms with E-state index >= 15 is 0 Å². The van der Waals surface area contributed by atoms with Crippen LogP contribution in [-0.4, -0.2) is 63.3 Å². The van der Waals surface area contributed by atoms with Crippen LogP contribution in [0, 0.1) is 6.92 Å². The molecule has 1 fully saturated rings. The number of piperazine rings is 1. The Morgan fingerprint density at radius 3 is 2.67 bits per heavy atom. The van der Waals surface area contributed by atoms with Crippen LogP contribution in [0.15, 0.2) is 54.7 Å². The maximum atomic E-state index is 5.98. The number of anilines is 1. The fourth-order valence-corrected chi connectivity index (χ4v) is 4.29. The van der Waals surface area contributed by atoms with Crippen molar-refractivity contribution in [2.75, 3.05) is 38.1 Å². The zero-order valence-corrected chi connectivity index (χ0v) is 18.7. The van der Waals surface area contributed by atoms with Gasteiger partial charge >= 0.3 is 0 Å². The van der Waals surface area contributed by atoms with E-state index in [0.717, 1.165) is 65.2 Å². The Hall–Kier alpha value is -3.91. The molecule has 5 aromatic rings. The summed E-state index contributed by atoms with van der Waals surface area (Å²) in [6.07, 6.45) is 1.75. The van der Waals surface area contributed by atoms with Gasteiger partial charge in [-0.1, -0.05) is 0 Å². The third-order valence-electron chi connectivity index (χ3n) is 6.21. The van der Waals surface area contributed by atoms with Crippen molar-refractivity contribution in [2.24, 2.45) is 0 Å². The van der Waals surface area contributed by atoms with Crippen molar-refractivity contribution in [2.45, 2.75) is 6.92 Å². The second-order valence-electron chi connectivity index (χ2n) is 8.63. The number of nitrogens with zero attached hydrogens (tertiary/aromatic N) is 5. The Labute approximate surface area is 191 Å². The van der Waals surface area contributed by atoms with Gasteiger partial charge in [0.25, 0.3) is 0 Å². The topological polar surface area (TPSA) is 86.0 Å². The summed E-state index contributed by atoms with van der Waals surface area (Å²) in [6, 6.07) is 16.1. The van der Waals surface area contributed by atoms with Gasteiger partial charge in [-0.15, -0.1) is 0 Å². The molecule has 2 N–H and O–H groups in total. The fraction of sp³-hybridized carbons (Fsp3) is 0.240. The number of pyridine rings is 1. The lowest BCUT2D eigenvalue weighted by molar-refractivity contribution is 0.313. The van der Waals surface area contributed by atoms with Gasteiger partial charge in [-0.25, -0.2) is 9.97 Å². The summed E-state index contributed by atoms with van der Waals surface area (Å²) in [5, 5.41) is 8.59. The van der Waals surface area contributed by atoms with E-state index in [0.29, 0.717) is 11.6 Å². The minimum Gasteiger partial charge on any atom is -0.439 e. The highest BCUT2D eigenvalue weighted by atomic mass is 16.5. The first kappa shape index (κ1) is 19.8. The molecule has 8 heteroatoms. The number of imidazole rings is 1. The summed E-state index contributed by atoms with van der Waals surface area (Å²) < 4.78 is 5.98. The molecule has 0 radical (unpaired) electrons. The number of aromatic nitrogens is 5. The number of nitrogens with one attached hydrogen (secondary N) is 2. The molecule has 0 amide bonds. The zero-order valence-electron chi connectivity index (χ0n) is 18.7. The van der Waals surface area contributed by atoms with E-state index in [1.54, 1.807) is 6.20 Å². The number of rotatable bonds is 4. The van der Waals surface area contributed by atoms with Crippen LogP contribution in [0.3, 0.4) is 0 Å². The summed E-state index contributed by atoms with van der Waals surface area (Å²) in [4.78, 5) is 17.4. The number of fused-ring (bicyclic) bond motifs is 2. The molecule has 8 nitrogen and oxygen atoms in total. The van der Waals surface area contributed by atoms with E-state index in [-0.39, 0.29) is 0 Å². The first-order chi connectivity index (χ1) is 16.1. The second kappa shape index (κ2) is 7.90. The average molecular weight is 440 g/mol. The highest BCUT2D eigenvalue weighted by molar-refractivity contribution is 5.94. The quantitative estimate of drug-likeness (QED) is 0.433. The molecule has 4 heterocycles. The molecular formula is C25H25N7O. The first-order valence-corrected chi connectivity index (χ1v) is 11.1. The third kappa shape index (κ3) is 3.78. The molecule has 1 aliphatic heterocycles. The molecule has 0 aliphatic carbocycles. The Bertz CT molecular complexity index is 1450. The molecule has 1 aliphatic rings. The lowest BCUT2D eigenvalue weighted by atomic mass is 10.2. The molecule has 0 bridgehead atoms. The molecule has 166 valence electrons. The molecule has 0 atom stereocenters. The standard InChI is InChI=1S/C25H25N7O/c1-16-7-8-26-23(13-16)33-18-4-6-20-19(15-18)24(30-29-20)25-27-21-5-3-17(14-22(21)28-25)32-11-9-31(2)10-12-32/h3-8,13-15H,9-12H2,1-2H3,(H,27,28)(H,29,30). The van der Waals surface area contributed by atoms with Gasteiger partial charge in [-0.05, 0) is 62.0 Å². The minimum atomic E-state index is 0.569. The van der Waals surface area contributed by atoms with Crippen molar-refractivity contribution in [3.8, 4) is 23.1 Å². The highest BCUT2D eigenvalue weighted by Crippen LogP contribution is 2.31. The molecule has 33 heavy (non-hydrogen) atoms. The predicted molar refractivity (Wildman–Crippen MR) is 130 cm³/mol. The number of aryl methyl sites for hydroxylation is 1. The van der Waals surface area contributed by atoms with Crippen LogP contribution < -0.4 is 9.64 Å². The smallest absolute Gasteiger partial charge is 0.219 e. The van der Waals surface area contributed by atoms with E-state index in [9.17, 15) is 0 Å². The van der Waals surface area contributed by atoms with Gasteiger partial charge in [0.05, 0.1) is 16.6 Å². The van der Waals surface area contributed by atoms with Crippen LogP contribution in [-0.2, 0) is 0 Å². The van der Waals surface area contributed by atoms with Crippen LogP contribution >= 0.6 is 0 Å². The highest BCUT2D eigenvalue weighted by Gasteiger charge is 2.17. The maximum Gasteiger partial charge on any atom is 0.219 e. The van der Waals surface area contributed by atoms with Crippen molar-refractivity contribution in [3.05, 3.63) is 60.3 Å². The van der Waals surface area contributed by atoms with Crippen molar-refractivity contribution in [1.29, 1.82) is 0 Å². The third-order valence-corrected chi connectivity index (χ3v) is 6.21. The van der Waals surface area contributed by atoms with E-state index in [2.05, 4.69) is 55.2 Å². The summed E-state index contributed by atoms with van der Waals surface area (Å²) >= 11 is 0. The molecular weight excluding hydrogens is 414 g/mol. The molecule has 1 saturated heterocycles. The van der Waals surface area contributed by atoms with Gasteiger partial charge < -0.3 is 19.5 Å². The maximum absolute atomic E-state index is 5.98. The summed E-state index contributed by atoms with van der Waals surface area (Å²) in [7, 11) is 2.17. The molecule has 2 aromatic carbocycles. The van der Waals surface area contributed by atoms with Gasteiger partial charge in [0.2, 0.25) is 5.88 Å². The van der Waals surface area contributed by atoms with Crippen LogP contribution in [0.2, 0.25) is 0 Å². The van der Waals surface area contributed by atoms with Crippen LogP contribution in [0.25, 0.3) is 33.5 Å². The number of H-pyrrole nitrogens is 2. The Kier molecular flexibility index (Phi) is 4.73. The van der Waals surface area contributed by atoms with E-state index in [1.165, 1.54) is 5.69 Å². The molecule has 6 rings (SSSR count). The number of hydrogen-bond acceptors (Lipinski definition) is 6. The van der Waals surface area contributed by atoms with E-state index in [1.807, 2.05) is 37.3 Å². The van der Waals surface area contributed by atoms with Gasteiger partial charge in [-0.3, -0.25) is 5.10 Å². The van der Waals surface area contributed by atoms with Crippen LogP contribution in [0.4, 0.5) is 5.69 Å². The SMILES string of the molecule is Cc1ccnc(Oc2ccc3[nH]nc(-c4nc5ccc(N6CCN(C)CC6)cc5[nH]4)c3c2)c1. The molecule has 0 saturated carbocycles. The zero-order chi connectivity index (χ0) is 22.4. The van der Waals surface area contributed by atoms with Crippen molar-refractivity contribution >= 4 is 27.6 Å². The van der Waals surface area contributed by atoms with Gasteiger partial charge in [0.15, 0.2) is 5.82 Å². The average Bonchev–Trinajstić information content (AvgIpc) is 3.42. The Balaban J connectivity index is 1.33. The summed E-state index contributed by atoms with van der Waals surface area (Å²) in [6.45, 7) is 6.24. The van der Waals surface area contributed by atoms with E-state index < -0.39 is 0 Å². The Morgan fingerprint density at radius 1 is 0.939 bits per heavy atom. The normalized spacial score (nSPS) is 14.9. The largest absolute Gasteiger partial charge is 0.439 e. The lowest BCUT2D eigenvalue weighted by Gasteiger charge is -2.34. The number of likely N-dealkylation sites (N-methyl/N-ethyl adjacent to an activating group) is 1. The molecule has 3 aromatic heterocycles. The number of ether oxygens (including phenoxy) is 1. The first-order valence-electron chi connectivity index (χ1n) is 11.1. The van der Waals surface area contributed by atoms with Crippen LogP contribution in [0.1, 0.15) is 5.56 Å². The van der Waals surface area contributed by atoms with Gasteiger partial charge in [-0.2, -0.15) is 5.10 Å². The fourth-order valence-electron chi connectivity index (χ4n) is 4.29. The van der Waals surface area contributed by atoms with Crippen LogP contribution in [0.5, 0.6) is 11.6 Å². The Morgan fingerprint density at radius 2 is 1.82 bits per heavy atom. The second-order valence-corrected chi connectivity index (χ2v) is 8.63. The molecule has 0 spiro atoms. The number of aromatic amines is 2.